The van der Waals surface area contributed by atoms with Crippen LogP contribution < -0.4 is 10.2 Å². The average molecular weight is 415 g/mol. The molecule has 1 N–H and O–H groups in total. The number of nitrogens with zero attached hydrogens (tertiary/aromatic N) is 1. The Hall–Kier alpha value is -2.14. The summed E-state index contributed by atoms with van der Waals surface area (Å²) in [4.78, 5) is 27.0. The summed E-state index contributed by atoms with van der Waals surface area (Å²) >= 11 is 3.50. The van der Waals surface area contributed by atoms with Gasteiger partial charge in [-0.3, -0.25) is 9.59 Å². The summed E-state index contributed by atoms with van der Waals surface area (Å²) in [5.41, 5.74) is 5.91. The fourth-order valence-corrected chi connectivity index (χ4v) is 3.73. The summed E-state index contributed by atoms with van der Waals surface area (Å²) in [5.74, 6) is -0.440. The van der Waals surface area contributed by atoms with Crippen LogP contribution in [0.2, 0.25) is 0 Å². The molecule has 1 aliphatic heterocycles. The first kappa shape index (κ1) is 18.6. The molecule has 1 fully saturated rings. The van der Waals surface area contributed by atoms with E-state index in [0.717, 1.165) is 38.1 Å². The van der Waals surface area contributed by atoms with E-state index in [-0.39, 0.29) is 24.2 Å². The number of rotatable bonds is 3. The second kappa shape index (κ2) is 7.23. The predicted molar refractivity (Wildman–Crippen MR) is 109 cm³/mol. The Morgan fingerprint density at radius 2 is 1.81 bits per heavy atom. The molecule has 1 aliphatic rings. The zero-order valence-corrected chi connectivity index (χ0v) is 17.1. The number of halogens is 1. The number of nitrogens with one attached hydrogen (secondary N) is 1. The van der Waals surface area contributed by atoms with Crippen molar-refractivity contribution in [2.24, 2.45) is 5.92 Å². The smallest absolute Gasteiger partial charge is 0.229 e. The second-order valence-corrected chi connectivity index (χ2v) is 7.96. The van der Waals surface area contributed by atoms with Crippen molar-refractivity contribution in [3.63, 3.8) is 0 Å². The van der Waals surface area contributed by atoms with Crippen LogP contribution >= 0.6 is 15.9 Å². The molecule has 4 nitrogen and oxygen atoms in total. The van der Waals surface area contributed by atoms with E-state index in [2.05, 4.69) is 21.2 Å². The van der Waals surface area contributed by atoms with Crippen molar-refractivity contribution >= 4 is 39.1 Å². The Morgan fingerprint density at radius 1 is 1.08 bits per heavy atom. The minimum atomic E-state index is -0.342. The first-order valence-corrected chi connectivity index (χ1v) is 9.51. The summed E-state index contributed by atoms with van der Waals surface area (Å²) in [7, 11) is 0. The van der Waals surface area contributed by atoms with E-state index in [4.69, 9.17) is 0 Å². The van der Waals surface area contributed by atoms with Crippen molar-refractivity contribution in [2.75, 3.05) is 16.8 Å². The number of anilines is 2. The third kappa shape index (κ3) is 3.68. The molecule has 136 valence electrons. The largest absolute Gasteiger partial charge is 0.326 e. The Labute approximate surface area is 162 Å². The van der Waals surface area contributed by atoms with Crippen LogP contribution in [-0.4, -0.2) is 18.4 Å². The van der Waals surface area contributed by atoms with Gasteiger partial charge in [0, 0.05) is 28.8 Å². The van der Waals surface area contributed by atoms with Crippen molar-refractivity contribution in [1.82, 2.24) is 0 Å². The molecular weight excluding hydrogens is 392 g/mol. The predicted octanol–water partition coefficient (Wildman–Crippen LogP) is 4.67. The maximum atomic E-state index is 12.7. The molecule has 0 spiro atoms. The lowest BCUT2D eigenvalue weighted by molar-refractivity contribution is -0.122. The number of carbonyl (C=O) groups is 2. The van der Waals surface area contributed by atoms with Gasteiger partial charge in [-0.05, 0) is 68.1 Å². The van der Waals surface area contributed by atoms with Crippen molar-refractivity contribution in [2.45, 2.75) is 34.1 Å². The minimum absolute atomic E-state index is 0.00237. The lowest BCUT2D eigenvalue weighted by Gasteiger charge is -2.20. The molecule has 3 rings (SSSR count). The number of hydrogen-bond donors (Lipinski definition) is 1. The molecule has 0 unspecified atom stereocenters. The molecule has 1 saturated heterocycles. The van der Waals surface area contributed by atoms with Crippen LogP contribution in [0.1, 0.15) is 28.7 Å². The summed E-state index contributed by atoms with van der Waals surface area (Å²) < 4.78 is 1.02. The highest BCUT2D eigenvalue weighted by atomic mass is 79.9. The summed E-state index contributed by atoms with van der Waals surface area (Å²) in [6.07, 6.45) is 0.244. The fourth-order valence-electron chi connectivity index (χ4n) is 3.28. The Kier molecular flexibility index (Phi) is 5.19. The maximum Gasteiger partial charge on any atom is 0.229 e. The van der Waals surface area contributed by atoms with Gasteiger partial charge in [0.25, 0.3) is 0 Å². The van der Waals surface area contributed by atoms with Gasteiger partial charge in [-0.2, -0.15) is 0 Å². The number of amides is 2. The van der Waals surface area contributed by atoms with Gasteiger partial charge in [-0.1, -0.05) is 28.1 Å². The Morgan fingerprint density at radius 3 is 2.54 bits per heavy atom. The average Bonchev–Trinajstić information content (AvgIpc) is 2.96. The second-order valence-electron chi connectivity index (χ2n) is 7.10. The standard InChI is InChI=1S/C21H23BrN2O2/c1-12-5-6-13(2)19(7-12)24-11-16(10-20(24)25)21(26)23-18-9-14(3)17(22)8-15(18)4/h5-9,16H,10-11H2,1-4H3,(H,23,26)/t16-/m1/s1. The number of benzene rings is 2. The van der Waals surface area contributed by atoms with E-state index in [0.29, 0.717) is 6.54 Å². The molecule has 0 aliphatic carbocycles. The summed E-state index contributed by atoms with van der Waals surface area (Å²) in [6.45, 7) is 8.36. The lowest BCUT2D eigenvalue weighted by atomic mass is 10.1. The van der Waals surface area contributed by atoms with E-state index in [9.17, 15) is 9.59 Å². The number of aryl methyl sites for hydroxylation is 4. The van der Waals surface area contributed by atoms with Crippen molar-refractivity contribution in [1.29, 1.82) is 0 Å². The van der Waals surface area contributed by atoms with Crippen LogP contribution in [0, 0.1) is 33.6 Å². The zero-order chi connectivity index (χ0) is 19.0. The number of hydrogen-bond acceptors (Lipinski definition) is 2. The van der Waals surface area contributed by atoms with Crippen molar-refractivity contribution in [3.8, 4) is 0 Å². The molecule has 2 aromatic carbocycles. The van der Waals surface area contributed by atoms with E-state index in [1.165, 1.54) is 0 Å². The summed E-state index contributed by atoms with van der Waals surface area (Å²) in [6, 6.07) is 10.0. The molecule has 0 bridgehead atoms. The summed E-state index contributed by atoms with van der Waals surface area (Å²) in [5, 5.41) is 3.00. The molecule has 1 heterocycles. The third-order valence-electron chi connectivity index (χ3n) is 4.91. The fraction of sp³-hybridized carbons (Fsp3) is 0.333. The third-order valence-corrected chi connectivity index (χ3v) is 5.77. The van der Waals surface area contributed by atoms with Crippen LogP contribution in [0.15, 0.2) is 34.8 Å². The van der Waals surface area contributed by atoms with Crippen molar-refractivity contribution < 1.29 is 9.59 Å². The first-order chi connectivity index (χ1) is 12.3. The molecule has 0 radical (unpaired) electrons. The Bertz CT molecular complexity index is 892. The van der Waals surface area contributed by atoms with Crippen LogP contribution in [0.4, 0.5) is 11.4 Å². The number of carbonyl (C=O) groups excluding carboxylic acids is 2. The molecule has 2 aromatic rings. The molecule has 5 heteroatoms. The highest BCUT2D eigenvalue weighted by Gasteiger charge is 2.35. The Balaban J connectivity index is 1.77. The van der Waals surface area contributed by atoms with E-state index >= 15 is 0 Å². The van der Waals surface area contributed by atoms with E-state index in [1.54, 1.807) is 4.90 Å². The van der Waals surface area contributed by atoms with Crippen LogP contribution in [-0.2, 0) is 9.59 Å². The SMILES string of the molecule is Cc1ccc(C)c(N2C[C@H](C(=O)Nc3cc(C)c(Br)cc3C)CC2=O)c1. The highest BCUT2D eigenvalue weighted by Crippen LogP contribution is 2.30. The molecule has 26 heavy (non-hydrogen) atoms. The maximum absolute atomic E-state index is 12.7. The van der Waals surface area contributed by atoms with Gasteiger partial charge in [-0.25, -0.2) is 0 Å². The van der Waals surface area contributed by atoms with Crippen LogP contribution in [0.25, 0.3) is 0 Å². The van der Waals surface area contributed by atoms with Gasteiger partial charge in [0.2, 0.25) is 11.8 Å². The lowest BCUT2D eigenvalue weighted by Crippen LogP contribution is -2.28. The van der Waals surface area contributed by atoms with Gasteiger partial charge >= 0.3 is 0 Å². The topological polar surface area (TPSA) is 49.4 Å². The van der Waals surface area contributed by atoms with Crippen LogP contribution in [0.3, 0.4) is 0 Å². The van der Waals surface area contributed by atoms with Gasteiger partial charge in [0.05, 0.1) is 5.92 Å². The molecule has 0 saturated carbocycles. The van der Waals surface area contributed by atoms with Gasteiger partial charge < -0.3 is 10.2 Å². The minimum Gasteiger partial charge on any atom is -0.326 e. The molecule has 2 amide bonds. The zero-order valence-electron chi connectivity index (χ0n) is 15.5. The van der Waals surface area contributed by atoms with Crippen LogP contribution in [0.5, 0.6) is 0 Å². The van der Waals surface area contributed by atoms with E-state index < -0.39 is 0 Å². The first-order valence-electron chi connectivity index (χ1n) is 8.71. The molecule has 0 aromatic heterocycles. The van der Waals surface area contributed by atoms with Gasteiger partial charge in [0.1, 0.15) is 0 Å². The monoisotopic (exact) mass is 414 g/mol. The van der Waals surface area contributed by atoms with Gasteiger partial charge in [0.15, 0.2) is 0 Å². The molecule has 1 atom stereocenters. The van der Waals surface area contributed by atoms with Gasteiger partial charge in [-0.15, -0.1) is 0 Å². The quantitative estimate of drug-likeness (QED) is 0.792. The molecular formula is C21H23BrN2O2. The van der Waals surface area contributed by atoms with Crippen molar-refractivity contribution in [3.05, 3.63) is 57.1 Å². The highest BCUT2D eigenvalue weighted by molar-refractivity contribution is 9.10. The van der Waals surface area contributed by atoms with E-state index in [1.807, 2.05) is 58.0 Å². The normalized spacial score (nSPS) is 16.9.